The molecular formula is C23H27N3O3S. The maximum atomic E-state index is 12.6. The first-order valence-corrected chi connectivity index (χ1v) is 11.1. The lowest BCUT2D eigenvalue weighted by atomic mass is 9.96. The van der Waals surface area contributed by atoms with Gasteiger partial charge in [-0.15, -0.1) is 0 Å². The van der Waals surface area contributed by atoms with Crippen molar-refractivity contribution in [3.8, 4) is 11.5 Å². The van der Waals surface area contributed by atoms with Gasteiger partial charge in [-0.3, -0.25) is 4.79 Å². The molecule has 0 unspecified atom stereocenters. The fraction of sp³-hybridized carbons (Fsp3) is 0.391. The highest BCUT2D eigenvalue weighted by Crippen LogP contribution is 2.33. The van der Waals surface area contributed by atoms with E-state index in [0.717, 1.165) is 64.8 Å². The van der Waals surface area contributed by atoms with Crippen LogP contribution in [0.15, 0.2) is 42.5 Å². The van der Waals surface area contributed by atoms with Crippen molar-refractivity contribution in [1.29, 1.82) is 0 Å². The lowest BCUT2D eigenvalue weighted by Gasteiger charge is -2.31. The zero-order chi connectivity index (χ0) is 20.9. The number of nitrogens with zero attached hydrogens (tertiary/aromatic N) is 2. The Bertz CT molecular complexity index is 1010. The molecule has 1 amide bonds. The Morgan fingerprint density at radius 3 is 2.67 bits per heavy atom. The monoisotopic (exact) mass is 425 g/mol. The quantitative estimate of drug-likeness (QED) is 0.622. The number of fused-ring (bicyclic) bond motifs is 1. The molecule has 7 heteroatoms. The molecule has 1 aliphatic heterocycles. The molecule has 30 heavy (non-hydrogen) atoms. The van der Waals surface area contributed by atoms with Crippen LogP contribution in [0.25, 0.3) is 10.2 Å². The Hall–Kier alpha value is -2.80. The third kappa shape index (κ3) is 4.67. The smallest absolute Gasteiger partial charge is 0.223 e. The number of carbonyl (C=O) groups is 1. The lowest BCUT2D eigenvalue weighted by Crippen LogP contribution is -2.41. The number of thiazole rings is 1. The van der Waals surface area contributed by atoms with Crippen LogP contribution in [0.4, 0.5) is 5.13 Å². The van der Waals surface area contributed by atoms with E-state index in [2.05, 4.69) is 16.3 Å². The normalized spacial score (nSPS) is 14.7. The van der Waals surface area contributed by atoms with Crippen molar-refractivity contribution in [1.82, 2.24) is 10.3 Å². The molecule has 0 aliphatic carbocycles. The van der Waals surface area contributed by atoms with Crippen LogP contribution in [-0.2, 0) is 11.2 Å². The molecular weight excluding hydrogens is 398 g/mol. The van der Waals surface area contributed by atoms with E-state index in [1.54, 1.807) is 25.6 Å². The van der Waals surface area contributed by atoms with Gasteiger partial charge in [0.05, 0.1) is 24.4 Å². The van der Waals surface area contributed by atoms with E-state index < -0.39 is 0 Å². The predicted molar refractivity (Wildman–Crippen MR) is 121 cm³/mol. The molecule has 6 nitrogen and oxygen atoms in total. The minimum absolute atomic E-state index is 0.0704. The van der Waals surface area contributed by atoms with Crippen LogP contribution in [0.2, 0.25) is 0 Å². The number of hydrogen-bond acceptors (Lipinski definition) is 6. The zero-order valence-corrected chi connectivity index (χ0v) is 18.2. The molecule has 0 atom stereocenters. The van der Waals surface area contributed by atoms with Crippen LogP contribution < -0.4 is 19.7 Å². The molecule has 2 aromatic carbocycles. The van der Waals surface area contributed by atoms with Crippen molar-refractivity contribution >= 4 is 32.6 Å². The number of ether oxygens (including phenoxy) is 2. The van der Waals surface area contributed by atoms with Gasteiger partial charge in [0, 0.05) is 25.6 Å². The van der Waals surface area contributed by atoms with E-state index in [0.29, 0.717) is 6.54 Å². The van der Waals surface area contributed by atoms with Gasteiger partial charge in [-0.1, -0.05) is 23.5 Å². The van der Waals surface area contributed by atoms with Crippen molar-refractivity contribution in [2.45, 2.75) is 19.3 Å². The Morgan fingerprint density at radius 2 is 1.90 bits per heavy atom. The highest BCUT2D eigenvalue weighted by Gasteiger charge is 2.26. The molecule has 1 saturated heterocycles. The van der Waals surface area contributed by atoms with Crippen LogP contribution in [-0.4, -0.2) is 44.7 Å². The van der Waals surface area contributed by atoms with Gasteiger partial charge in [0.1, 0.15) is 11.5 Å². The third-order valence-corrected chi connectivity index (χ3v) is 6.65. The first kappa shape index (κ1) is 20.5. The van der Waals surface area contributed by atoms with Crippen LogP contribution in [0, 0.1) is 5.92 Å². The Balaban J connectivity index is 1.27. The van der Waals surface area contributed by atoms with Gasteiger partial charge < -0.3 is 19.7 Å². The molecule has 158 valence electrons. The van der Waals surface area contributed by atoms with E-state index in [4.69, 9.17) is 14.5 Å². The second-order valence-electron chi connectivity index (χ2n) is 7.48. The number of carbonyl (C=O) groups excluding carboxylic acids is 1. The summed E-state index contributed by atoms with van der Waals surface area (Å²) < 4.78 is 11.7. The van der Waals surface area contributed by atoms with Crippen molar-refractivity contribution < 1.29 is 14.3 Å². The van der Waals surface area contributed by atoms with Crippen LogP contribution >= 0.6 is 11.3 Å². The number of nitrogens with one attached hydrogen (secondary N) is 1. The fourth-order valence-electron chi connectivity index (χ4n) is 3.79. The van der Waals surface area contributed by atoms with Crippen molar-refractivity contribution in [2.24, 2.45) is 5.92 Å². The molecule has 1 fully saturated rings. The van der Waals surface area contributed by atoms with E-state index in [9.17, 15) is 4.79 Å². The molecule has 0 bridgehead atoms. The maximum Gasteiger partial charge on any atom is 0.223 e. The summed E-state index contributed by atoms with van der Waals surface area (Å²) in [5, 5.41) is 4.13. The highest BCUT2D eigenvalue weighted by molar-refractivity contribution is 7.22. The zero-order valence-electron chi connectivity index (χ0n) is 17.4. The summed E-state index contributed by atoms with van der Waals surface area (Å²) in [4.78, 5) is 19.6. The number of aromatic nitrogens is 1. The minimum atomic E-state index is 0.0704. The van der Waals surface area contributed by atoms with Gasteiger partial charge in [0.25, 0.3) is 0 Å². The molecule has 0 radical (unpaired) electrons. The molecule has 0 saturated carbocycles. The third-order valence-electron chi connectivity index (χ3n) is 5.57. The topological polar surface area (TPSA) is 63.7 Å². The summed E-state index contributed by atoms with van der Waals surface area (Å²) in [7, 11) is 3.34. The number of methoxy groups -OCH3 is 2. The Morgan fingerprint density at radius 1 is 1.13 bits per heavy atom. The Kier molecular flexibility index (Phi) is 6.38. The number of rotatable bonds is 7. The first-order valence-electron chi connectivity index (χ1n) is 10.3. The largest absolute Gasteiger partial charge is 0.497 e. The SMILES string of the molecule is COc1cccc(CCNC(=O)C2CCN(c3nc4ccc(OC)cc4s3)CC2)c1. The molecule has 0 spiro atoms. The van der Waals surface area contributed by atoms with Gasteiger partial charge in [-0.25, -0.2) is 4.98 Å². The fourth-order valence-corrected chi connectivity index (χ4v) is 4.84. The standard InChI is InChI=1S/C23H27N3O3S/c1-28-18-5-3-4-16(14-18)8-11-24-22(27)17-9-12-26(13-10-17)23-25-20-7-6-19(29-2)15-21(20)30-23/h3-7,14-15,17H,8-13H2,1-2H3,(H,24,27). The summed E-state index contributed by atoms with van der Waals surface area (Å²) in [5.74, 6) is 1.93. The van der Waals surface area contributed by atoms with Crippen molar-refractivity contribution in [3.63, 3.8) is 0 Å². The second-order valence-corrected chi connectivity index (χ2v) is 8.49. The van der Waals surface area contributed by atoms with E-state index in [1.807, 2.05) is 36.4 Å². The molecule has 1 aromatic heterocycles. The van der Waals surface area contributed by atoms with Gasteiger partial charge in [-0.05, 0) is 55.2 Å². The molecule has 1 N–H and O–H groups in total. The second kappa shape index (κ2) is 9.34. The van der Waals surface area contributed by atoms with Gasteiger partial charge >= 0.3 is 0 Å². The number of amides is 1. The van der Waals surface area contributed by atoms with E-state index in [-0.39, 0.29) is 11.8 Å². The van der Waals surface area contributed by atoms with Crippen LogP contribution in [0.1, 0.15) is 18.4 Å². The number of piperidine rings is 1. The first-order chi connectivity index (χ1) is 14.7. The predicted octanol–water partition coefficient (Wildman–Crippen LogP) is 3.89. The van der Waals surface area contributed by atoms with Gasteiger partial charge in [-0.2, -0.15) is 0 Å². The molecule has 3 aromatic rings. The summed E-state index contributed by atoms with van der Waals surface area (Å²) >= 11 is 1.68. The highest BCUT2D eigenvalue weighted by atomic mass is 32.1. The number of anilines is 1. The average molecular weight is 426 g/mol. The summed E-state index contributed by atoms with van der Waals surface area (Å²) in [6, 6.07) is 13.9. The molecule has 2 heterocycles. The van der Waals surface area contributed by atoms with Crippen LogP contribution in [0.3, 0.4) is 0 Å². The minimum Gasteiger partial charge on any atom is -0.497 e. The molecule has 4 rings (SSSR count). The number of hydrogen-bond donors (Lipinski definition) is 1. The van der Waals surface area contributed by atoms with Crippen molar-refractivity contribution in [2.75, 3.05) is 38.8 Å². The maximum absolute atomic E-state index is 12.6. The lowest BCUT2D eigenvalue weighted by molar-refractivity contribution is -0.125. The van der Waals surface area contributed by atoms with E-state index >= 15 is 0 Å². The summed E-state index contributed by atoms with van der Waals surface area (Å²) in [6.07, 6.45) is 2.51. The number of benzene rings is 2. The molecule has 1 aliphatic rings. The van der Waals surface area contributed by atoms with Gasteiger partial charge in [0.15, 0.2) is 5.13 Å². The van der Waals surface area contributed by atoms with Crippen molar-refractivity contribution in [3.05, 3.63) is 48.0 Å². The Labute approximate surface area is 180 Å². The van der Waals surface area contributed by atoms with Crippen LogP contribution in [0.5, 0.6) is 11.5 Å². The summed E-state index contributed by atoms with van der Waals surface area (Å²) in [5.41, 5.74) is 2.16. The van der Waals surface area contributed by atoms with E-state index in [1.165, 1.54) is 0 Å². The summed E-state index contributed by atoms with van der Waals surface area (Å²) in [6.45, 7) is 2.35. The average Bonchev–Trinajstić information content (AvgIpc) is 3.22. The van der Waals surface area contributed by atoms with Gasteiger partial charge in [0.2, 0.25) is 5.91 Å².